The molecule has 0 heterocycles. The first-order chi connectivity index (χ1) is 20.0. The van der Waals surface area contributed by atoms with Crippen LogP contribution in [0.5, 0.6) is 0 Å². The number of unbranched alkanes of at least 4 members (excludes halogenated alkanes) is 4. The molecule has 10 heteroatoms. The summed E-state index contributed by atoms with van der Waals surface area (Å²) in [5.74, 6) is 1.37. The van der Waals surface area contributed by atoms with Crippen LogP contribution >= 0.6 is 15.6 Å². The van der Waals surface area contributed by atoms with Crippen molar-refractivity contribution in [2.24, 2.45) is 23.7 Å². The largest absolute Gasteiger partial charge is 0.472 e. The quantitative estimate of drug-likeness (QED) is 0.0809. The Balaban J connectivity index is 0. The van der Waals surface area contributed by atoms with Gasteiger partial charge in [-0.15, -0.1) is 0 Å². The fourth-order valence-corrected chi connectivity index (χ4v) is 6.21. The van der Waals surface area contributed by atoms with Gasteiger partial charge in [-0.05, 0) is 49.4 Å². The van der Waals surface area contributed by atoms with Crippen molar-refractivity contribution in [3.8, 4) is 0 Å². The lowest BCUT2D eigenvalue weighted by molar-refractivity contribution is 0.109. The zero-order valence-electron chi connectivity index (χ0n) is 28.7. The molecule has 0 spiro atoms. The van der Waals surface area contributed by atoms with Gasteiger partial charge >= 0.3 is 15.6 Å². The Bertz CT molecular complexity index is 575. The predicted octanol–water partition coefficient (Wildman–Crippen LogP) is 11.1. The van der Waals surface area contributed by atoms with E-state index in [2.05, 4.69) is 55.4 Å². The van der Waals surface area contributed by atoms with Crippen molar-refractivity contribution in [2.75, 3.05) is 26.4 Å². The smallest absolute Gasteiger partial charge is 0.302 e. The molecule has 0 aliphatic heterocycles. The number of hydrogen-bond donors (Lipinski definition) is 2. The molecular formula is C32H70O8P2. The number of hydrogen-bond acceptors (Lipinski definition) is 6. The van der Waals surface area contributed by atoms with Crippen LogP contribution in [0.4, 0.5) is 0 Å². The van der Waals surface area contributed by atoms with Gasteiger partial charge < -0.3 is 9.79 Å². The highest BCUT2D eigenvalue weighted by Crippen LogP contribution is 2.45. The summed E-state index contributed by atoms with van der Waals surface area (Å²) in [6.07, 6.45) is 17.1. The monoisotopic (exact) mass is 644 g/mol. The number of rotatable bonds is 28. The van der Waals surface area contributed by atoms with E-state index in [4.69, 9.17) is 18.1 Å². The molecule has 0 aromatic heterocycles. The second-order valence-corrected chi connectivity index (χ2v) is 14.7. The fraction of sp³-hybridized carbons (Fsp3) is 1.00. The molecule has 256 valence electrons. The Labute approximate surface area is 260 Å². The van der Waals surface area contributed by atoms with Crippen LogP contribution < -0.4 is 0 Å². The first kappa shape index (κ1) is 44.3. The normalized spacial score (nSPS) is 17.4. The summed E-state index contributed by atoms with van der Waals surface area (Å²) in [5, 5.41) is 0. The van der Waals surface area contributed by atoms with Crippen LogP contribution in [-0.4, -0.2) is 36.2 Å². The van der Waals surface area contributed by atoms with Gasteiger partial charge in [0.15, 0.2) is 0 Å². The number of phosphoric acid groups is 2. The van der Waals surface area contributed by atoms with Crippen molar-refractivity contribution in [1.82, 2.24) is 0 Å². The summed E-state index contributed by atoms with van der Waals surface area (Å²) < 4.78 is 44.5. The highest BCUT2D eigenvalue weighted by atomic mass is 31.2. The summed E-state index contributed by atoms with van der Waals surface area (Å²) in [6, 6.07) is 0. The Kier molecular flexibility index (Phi) is 30.3. The summed E-state index contributed by atoms with van der Waals surface area (Å²) in [7, 11) is -7.78. The molecule has 0 rings (SSSR count). The van der Waals surface area contributed by atoms with Crippen LogP contribution in [0.25, 0.3) is 0 Å². The highest BCUT2D eigenvalue weighted by molar-refractivity contribution is 7.47. The van der Waals surface area contributed by atoms with E-state index in [1.165, 1.54) is 0 Å². The van der Waals surface area contributed by atoms with Crippen molar-refractivity contribution in [1.29, 1.82) is 0 Å². The van der Waals surface area contributed by atoms with E-state index < -0.39 is 15.6 Å². The lowest BCUT2D eigenvalue weighted by Crippen LogP contribution is -2.12. The van der Waals surface area contributed by atoms with Crippen molar-refractivity contribution in [2.45, 2.75) is 158 Å². The maximum atomic E-state index is 11.9. The maximum absolute atomic E-state index is 11.9. The molecule has 4 atom stereocenters. The van der Waals surface area contributed by atoms with Crippen molar-refractivity contribution >= 4 is 15.6 Å². The average Bonchev–Trinajstić information content (AvgIpc) is 2.98. The predicted molar refractivity (Wildman–Crippen MR) is 177 cm³/mol. The lowest BCUT2D eigenvalue weighted by atomic mass is 10.0. The Morgan fingerprint density at radius 1 is 0.429 bits per heavy atom. The summed E-state index contributed by atoms with van der Waals surface area (Å²) in [5.41, 5.74) is 0. The van der Waals surface area contributed by atoms with E-state index in [0.29, 0.717) is 50.1 Å². The van der Waals surface area contributed by atoms with Gasteiger partial charge in [-0.2, -0.15) is 0 Å². The van der Waals surface area contributed by atoms with Crippen LogP contribution in [0.3, 0.4) is 0 Å². The van der Waals surface area contributed by atoms with Crippen molar-refractivity contribution in [3.63, 3.8) is 0 Å². The Hall–Kier alpha value is 0.220. The third-order valence-electron chi connectivity index (χ3n) is 8.07. The van der Waals surface area contributed by atoms with Crippen LogP contribution in [0.2, 0.25) is 0 Å². The van der Waals surface area contributed by atoms with Crippen molar-refractivity contribution < 1.29 is 37.0 Å². The van der Waals surface area contributed by atoms with Gasteiger partial charge in [0.05, 0.1) is 26.4 Å². The second kappa shape index (κ2) is 28.7. The molecule has 4 unspecified atom stereocenters. The fourth-order valence-electron chi connectivity index (χ4n) is 4.47. The van der Waals surface area contributed by atoms with Gasteiger partial charge in [-0.3, -0.25) is 18.1 Å². The van der Waals surface area contributed by atoms with Gasteiger partial charge in [-0.25, -0.2) is 9.13 Å². The zero-order chi connectivity index (χ0) is 32.3. The third-order valence-corrected chi connectivity index (χ3v) is 9.97. The van der Waals surface area contributed by atoms with Crippen LogP contribution in [0, 0.1) is 23.7 Å². The molecule has 42 heavy (non-hydrogen) atoms. The van der Waals surface area contributed by atoms with E-state index in [-0.39, 0.29) is 0 Å². The molecule has 0 aliphatic rings. The highest BCUT2D eigenvalue weighted by Gasteiger charge is 2.25. The molecule has 0 aromatic carbocycles. The molecular weight excluding hydrogens is 574 g/mol. The molecule has 0 aromatic rings. The Morgan fingerprint density at radius 3 is 0.762 bits per heavy atom. The summed E-state index contributed by atoms with van der Waals surface area (Å²) >= 11 is 0. The minimum Gasteiger partial charge on any atom is -0.302 e. The SMILES string of the molecule is CCCCC(CC)COP(=O)(O)OCC(CC)CCCC.CCCCC(CC)COP(=O)(O)OCC(CC)CCCC. The Morgan fingerprint density at radius 2 is 0.619 bits per heavy atom. The minimum absolute atomic E-state index is 0.316. The standard InChI is InChI=1S/2C16H35O4P/c2*1-5-9-11-15(7-3)13-19-21(17,18)20-14-16(8-4)12-10-6-2/h2*15-16H,5-14H2,1-4H3,(H,17,18). The van der Waals surface area contributed by atoms with Gasteiger partial charge in [-0.1, -0.05) is 132 Å². The van der Waals surface area contributed by atoms with Gasteiger partial charge in [0.1, 0.15) is 0 Å². The summed E-state index contributed by atoms with van der Waals surface area (Å²) in [6.45, 7) is 18.2. The second-order valence-electron chi connectivity index (χ2n) is 11.8. The maximum Gasteiger partial charge on any atom is 0.472 e. The van der Waals surface area contributed by atoms with Gasteiger partial charge in [0.2, 0.25) is 0 Å². The van der Waals surface area contributed by atoms with E-state index in [0.717, 1.165) is 103 Å². The van der Waals surface area contributed by atoms with Crippen LogP contribution in [0.15, 0.2) is 0 Å². The van der Waals surface area contributed by atoms with Crippen molar-refractivity contribution in [3.05, 3.63) is 0 Å². The molecule has 0 radical (unpaired) electrons. The molecule has 0 bridgehead atoms. The zero-order valence-corrected chi connectivity index (χ0v) is 30.5. The average molecular weight is 645 g/mol. The first-order valence-corrected chi connectivity index (χ1v) is 20.2. The third kappa shape index (κ3) is 26.6. The van der Waals surface area contributed by atoms with Crippen LogP contribution in [-0.2, 0) is 27.2 Å². The van der Waals surface area contributed by atoms with Gasteiger partial charge in [0.25, 0.3) is 0 Å². The van der Waals surface area contributed by atoms with E-state index in [9.17, 15) is 18.9 Å². The van der Waals surface area contributed by atoms with Gasteiger partial charge in [0, 0.05) is 0 Å². The molecule has 2 N–H and O–H groups in total. The molecule has 0 saturated heterocycles. The molecule has 0 amide bonds. The first-order valence-electron chi connectivity index (χ1n) is 17.2. The van der Waals surface area contributed by atoms with E-state index >= 15 is 0 Å². The molecule has 0 saturated carbocycles. The molecule has 8 nitrogen and oxygen atoms in total. The number of phosphoric ester groups is 2. The minimum atomic E-state index is -3.89. The molecule has 0 aliphatic carbocycles. The summed E-state index contributed by atoms with van der Waals surface area (Å²) in [4.78, 5) is 19.5. The van der Waals surface area contributed by atoms with E-state index in [1.54, 1.807) is 0 Å². The van der Waals surface area contributed by atoms with Crippen LogP contribution in [0.1, 0.15) is 158 Å². The topological polar surface area (TPSA) is 112 Å². The van der Waals surface area contributed by atoms with E-state index in [1.807, 2.05) is 0 Å². The molecule has 0 fully saturated rings. The lowest BCUT2D eigenvalue weighted by Gasteiger charge is -2.20.